The fraction of sp³-hybridized carbons (Fsp3) is 0.200. The topological polar surface area (TPSA) is 87.0 Å². The number of nitrogens with one attached hydrogen (secondary N) is 1. The summed E-state index contributed by atoms with van der Waals surface area (Å²) in [5.74, 6) is -0.985. The number of nitriles is 1. The zero-order valence-corrected chi connectivity index (χ0v) is 17.8. The van der Waals surface area contributed by atoms with Crippen molar-refractivity contribution in [2.75, 3.05) is 5.32 Å². The Morgan fingerprint density at radius 2 is 1.58 bits per heavy atom. The average molecular weight is 429 g/mol. The van der Waals surface area contributed by atoms with Crippen molar-refractivity contribution in [3.8, 4) is 6.07 Å². The maximum Gasteiger partial charge on any atom is 0.256 e. The molecule has 0 saturated carbocycles. The van der Waals surface area contributed by atoms with Gasteiger partial charge in [0.2, 0.25) is 11.6 Å². The van der Waals surface area contributed by atoms with E-state index in [1.807, 2.05) is 0 Å². The Morgan fingerprint density at radius 1 is 0.968 bits per heavy atom. The van der Waals surface area contributed by atoms with Gasteiger partial charge in [0, 0.05) is 21.6 Å². The molecule has 0 fully saturated rings. The highest BCUT2D eigenvalue weighted by atomic mass is 32.1. The summed E-state index contributed by atoms with van der Waals surface area (Å²) < 4.78 is 0. The van der Waals surface area contributed by atoms with E-state index in [0.29, 0.717) is 27.6 Å². The fourth-order valence-electron chi connectivity index (χ4n) is 3.76. The van der Waals surface area contributed by atoms with Crippen LogP contribution in [0.25, 0.3) is 0 Å². The Hall–Kier alpha value is -3.56. The molecule has 154 valence electrons. The van der Waals surface area contributed by atoms with Crippen molar-refractivity contribution >= 4 is 33.8 Å². The summed E-state index contributed by atoms with van der Waals surface area (Å²) in [4.78, 5) is 38.7. The van der Waals surface area contributed by atoms with Crippen LogP contribution in [0.15, 0.2) is 54.6 Å². The molecule has 1 aliphatic carbocycles. The molecule has 5 nitrogen and oxygen atoms in total. The van der Waals surface area contributed by atoms with Gasteiger partial charge >= 0.3 is 0 Å². The summed E-state index contributed by atoms with van der Waals surface area (Å²) >= 11 is 1.47. The van der Waals surface area contributed by atoms with Gasteiger partial charge in [-0.3, -0.25) is 14.4 Å². The SMILES string of the molecule is C[C@@H]1CCc2c(sc(NC(=O)c3ccc(C(=O)C(=O)c4ccccc4)cc3)c2C#N)C1. The second kappa shape index (κ2) is 8.66. The Balaban J connectivity index is 1.50. The predicted octanol–water partition coefficient (Wildman–Crippen LogP) is 5.06. The molecule has 6 heteroatoms. The van der Waals surface area contributed by atoms with Gasteiger partial charge < -0.3 is 5.32 Å². The van der Waals surface area contributed by atoms with E-state index in [1.165, 1.54) is 40.5 Å². The minimum Gasteiger partial charge on any atom is -0.312 e. The van der Waals surface area contributed by atoms with Crippen LogP contribution >= 0.6 is 11.3 Å². The molecule has 1 atom stereocenters. The van der Waals surface area contributed by atoms with Crippen LogP contribution in [0.4, 0.5) is 5.00 Å². The first kappa shape index (κ1) is 20.7. The highest BCUT2D eigenvalue weighted by molar-refractivity contribution is 7.16. The fourth-order valence-corrected chi connectivity index (χ4v) is 5.11. The maximum atomic E-state index is 12.7. The summed E-state index contributed by atoms with van der Waals surface area (Å²) in [7, 11) is 0. The lowest BCUT2D eigenvalue weighted by atomic mass is 9.88. The first-order chi connectivity index (χ1) is 15.0. The van der Waals surface area contributed by atoms with E-state index in [2.05, 4.69) is 18.3 Å². The van der Waals surface area contributed by atoms with Crippen LogP contribution in [0.2, 0.25) is 0 Å². The van der Waals surface area contributed by atoms with Crippen molar-refractivity contribution in [1.82, 2.24) is 0 Å². The van der Waals surface area contributed by atoms with E-state index >= 15 is 0 Å². The smallest absolute Gasteiger partial charge is 0.256 e. The summed E-state index contributed by atoms with van der Waals surface area (Å²) in [6.07, 6.45) is 2.83. The van der Waals surface area contributed by atoms with Crippen molar-refractivity contribution in [3.63, 3.8) is 0 Å². The molecule has 0 aliphatic heterocycles. The van der Waals surface area contributed by atoms with Gasteiger partial charge in [-0.2, -0.15) is 5.26 Å². The molecule has 31 heavy (non-hydrogen) atoms. The van der Waals surface area contributed by atoms with Crippen LogP contribution in [-0.2, 0) is 12.8 Å². The van der Waals surface area contributed by atoms with Crippen molar-refractivity contribution in [1.29, 1.82) is 5.26 Å². The number of anilines is 1. The quantitative estimate of drug-likeness (QED) is 0.454. The molecule has 3 aromatic rings. The molecule has 2 aromatic carbocycles. The number of hydrogen-bond acceptors (Lipinski definition) is 5. The number of thiophene rings is 1. The molecule has 0 spiro atoms. The minimum absolute atomic E-state index is 0.226. The van der Waals surface area contributed by atoms with Crippen LogP contribution in [0, 0.1) is 17.2 Å². The average Bonchev–Trinajstić information content (AvgIpc) is 3.14. The third kappa shape index (κ3) is 4.18. The molecule has 1 heterocycles. The number of carbonyl (C=O) groups is 3. The molecule has 0 saturated heterocycles. The Labute approximate surface area is 184 Å². The monoisotopic (exact) mass is 428 g/mol. The molecule has 4 rings (SSSR count). The van der Waals surface area contributed by atoms with Gasteiger partial charge in [-0.15, -0.1) is 11.3 Å². The van der Waals surface area contributed by atoms with Crippen molar-refractivity contribution in [3.05, 3.63) is 87.3 Å². The van der Waals surface area contributed by atoms with Crippen LogP contribution in [-0.4, -0.2) is 17.5 Å². The van der Waals surface area contributed by atoms with Gasteiger partial charge in [-0.25, -0.2) is 0 Å². The second-order valence-electron chi connectivity index (χ2n) is 7.72. The molecular formula is C25H20N2O3S. The number of fused-ring (bicyclic) bond motifs is 1. The summed E-state index contributed by atoms with van der Waals surface area (Å²) in [6, 6.07) is 16.6. The Morgan fingerprint density at radius 3 is 2.23 bits per heavy atom. The summed E-state index contributed by atoms with van der Waals surface area (Å²) in [5, 5.41) is 13.0. The zero-order chi connectivity index (χ0) is 22.0. The molecular weight excluding hydrogens is 408 g/mol. The van der Waals surface area contributed by atoms with Gasteiger partial charge in [0.25, 0.3) is 5.91 Å². The molecule has 1 amide bonds. The molecule has 1 N–H and O–H groups in total. The number of ketones is 2. The number of nitrogens with zero attached hydrogens (tertiary/aromatic N) is 1. The van der Waals surface area contributed by atoms with Crippen LogP contribution in [0.3, 0.4) is 0 Å². The number of carbonyl (C=O) groups excluding carboxylic acids is 3. The van der Waals surface area contributed by atoms with E-state index in [1.54, 1.807) is 30.3 Å². The minimum atomic E-state index is -0.620. The Bertz CT molecular complexity index is 1200. The van der Waals surface area contributed by atoms with Crippen molar-refractivity contribution in [2.24, 2.45) is 5.92 Å². The molecule has 1 aromatic heterocycles. The van der Waals surface area contributed by atoms with Crippen molar-refractivity contribution in [2.45, 2.75) is 26.2 Å². The highest BCUT2D eigenvalue weighted by Gasteiger charge is 2.25. The molecule has 0 bridgehead atoms. The summed E-state index contributed by atoms with van der Waals surface area (Å²) in [6.45, 7) is 2.19. The van der Waals surface area contributed by atoms with Crippen LogP contribution in [0.1, 0.15) is 60.4 Å². The number of amides is 1. The number of rotatable bonds is 5. The van der Waals surface area contributed by atoms with Gasteiger partial charge in [-0.05, 0) is 42.9 Å². The predicted molar refractivity (Wildman–Crippen MR) is 120 cm³/mol. The highest BCUT2D eigenvalue weighted by Crippen LogP contribution is 2.39. The van der Waals surface area contributed by atoms with Gasteiger partial charge in [0.15, 0.2) is 0 Å². The van der Waals surface area contributed by atoms with Crippen LogP contribution in [0.5, 0.6) is 0 Å². The lowest BCUT2D eigenvalue weighted by Gasteiger charge is -2.17. The number of benzene rings is 2. The normalized spacial score (nSPS) is 14.9. The lowest BCUT2D eigenvalue weighted by molar-refractivity contribution is 0.0817. The largest absolute Gasteiger partial charge is 0.312 e. The van der Waals surface area contributed by atoms with E-state index in [0.717, 1.165) is 24.8 Å². The first-order valence-electron chi connectivity index (χ1n) is 10.1. The van der Waals surface area contributed by atoms with Gasteiger partial charge in [0.1, 0.15) is 11.1 Å². The summed E-state index contributed by atoms with van der Waals surface area (Å²) in [5.41, 5.74) is 2.52. The molecule has 1 aliphatic rings. The van der Waals surface area contributed by atoms with E-state index < -0.39 is 11.6 Å². The van der Waals surface area contributed by atoms with E-state index in [4.69, 9.17) is 0 Å². The first-order valence-corrected chi connectivity index (χ1v) is 10.9. The number of hydrogen-bond donors (Lipinski definition) is 1. The standard InChI is InChI=1S/C25H20N2O3S/c1-15-7-12-19-20(14-26)25(31-21(19)13-15)27-24(30)18-10-8-17(9-11-18)23(29)22(28)16-5-3-2-4-6-16/h2-6,8-11,15H,7,12-13H2,1H3,(H,27,30)/t15-/m1/s1. The van der Waals surface area contributed by atoms with Crippen molar-refractivity contribution < 1.29 is 14.4 Å². The third-order valence-corrected chi connectivity index (χ3v) is 6.67. The molecule has 0 radical (unpaired) electrons. The Kier molecular flexibility index (Phi) is 5.79. The lowest BCUT2D eigenvalue weighted by Crippen LogP contribution is -2.15. The third-order valence-electron chi connectivity index (χ3n) is 5.50. The van der Waals surface area contributed by atoms with Crippen LogP contribution < -0.4 is 5.32 Å². The number of Topliss-reactive ketones (excluding diaryl/α,β-unsaturated/α-hetero) is 2. The van der Waals surface area contributed by atoms with Gasteiger partial charge in [-0.1, -0.05) is 49.4 Å². The zero-order valence-electron chi connectivity index (χ0n) is 17.0. The molecule has 0 unspecified atom stereocenters. The second-order valence-corrected chi connectivity index (χ2v) is 8.83. The van der Waals surface area contributed by atoms with Gasteiger partial charge in [0.05, 0.1) is 5.56 Å². The van der Waals surface area contributed by atoms with E-state index in [9.17, 15) is 19.6 Å². The van der Waals surface area contributed by atoms with E-state index in [-0.39, 0.29) is 11.5 Å². The maximum absolute atomic E-state index is 12.7.